The molecular weight excluding hydrogens is 264 g/mol. The molecule has 21 heavy (non-hydrogen) atoms. The molecule has 2 aliphatic rings. The van der Waals surface area contributed by atoms with Crippen LogP contribution < -0.4 is 0 Å². The first kappa shape index (κ1) is 14.6. The van der Waals surface area contributed by atoms with Crippen LogP contribution in [0.4, 0.5) is 0 Å². The van der Waals surface area contributed by atoms with Crippen molar-refractivity contribution in [1.29, 1.82) is 0 Å². The molecule has 2 saturated heterocycles. The summed E-state index contributed by atoms with van der Waals surface area (Å²) in [6, 6.07) is 2.39. The van der Waals surface area contributed by atoms with Gasteiger partial charge >= 0.3 is 0 Å². The van der Waals surface area contributed by atoms with Crippen LogP contribution in [0, 0.1) is 0 Å². The highest BCUT2D eigenvalue weighted by molar-refractivity contribution is 5.82. The summed E-state index contributed by atoms with van der Waals surface area (Å²) in [5, 5.41) is 4.28. The zero-order valence-corrected chi connectivity index (χ0v) is 12.9. The lowest BCUT2D eigenvalue weighted by Crippen LogP contribution is -2.48. The number of amides is 1. The molecule has 2 atom stereocenters. The van der Waals surface area contributed by atoms with Gasteiger partial charge in [-0.2, -0.15) is 5.10 Å². The monoisotopic (exact) mass is 290 g/mol. The highest BCUT2D eigenvalue weighted by Crippen LogP contribution is 2.25. The second kappa shape index (κ2) is 6.60. The molecule has 3 heterocycles. The van der Waals surface area contributed by atoms with Crippen molar-refractivity contribution in [2.24, 2.45) is 0 Å². The number of nitrogens with zero attached hydrogens (tertiary/aromatic N) is 4. The van der Waals surface area contributed by atoms with Gasteiger partial charge in [-0.3, -0.25) is 14.4 Å². The van der Waals surface area contributed by atoms with Crippen LogP contribution in [0.2, 0.25) is 0 Å². The van der Waals surface area contributed by atoms with Crippen LogP contribution in [0.5, 0.6) is 0 Å². The molecule has 2 fully saturated rings. The Labute approximate surface area is 126 Å². The molecule has 0 aliphatic carbocycles. The molecule has 0 radical (unpaired) electrons. The molecule has 116 valence electrons. The van der Waals surface area contributed by atoms with Gasteiger partial charge in [0.15, 0.2) is 0 Å². The number of rotatable bonds is 5. The molecule has 1 aromatic rings. The van der Waals surface area contributed by atoms with E-state index >= 15 is 0 Å². The molecule has 0 unspecified atom stereocenters. The van der Waals surface area contributed by atoms with Crippen LogP contribution in [0.15, 0.2) is 18.5 Å². The number of carbonyl (C=O) groups is 1. The summed E-state index contributed by atoms with van der Waals surface area (Å²) in [6.07, 6.45) is 9.34. The van der Waals surface area contributed by atoms with Gasteiger partial charge in [0.2, 0.25) is 5.91 Å². The Hall–Kier alpha value is -1.36. The van der Waals surface area contributed by atoms with Crippen LogP contribution >= 0.6 is 0 Å². The van der Waals surface area contributed by atoms with Gasteiger partial charge in [0.1, 0.15) is 0 Å². The lowest BCUT2D eigenvalue weighted by atomic mass is 10.1. The zero-order chi connectivity index (χ0) is 14.7. The summed E-state index contributed by atoms with van der Waals surface area (Å²) in [6.45, 7) is 6.08. The maximum atomic E-state index is 12.9. The second-order valence-electron chi connectivity index (χ2n) is 6.25. The van der Waals surface area contributed by atoms with Gasteiger partial charge < -0.3 is 4.90 Å². The van der Waals surface area contributed by atoms with Crippen molar-refractivity contribution in [2.45, 2.75) is 57.7 Å². The molecule has 0 spiro atoms. The van der Waals surface area contributed by atoms with Crippen molar-refractivity contribution in [3.05, 3.63) is 18.5 Å². The molecule has 5 nitrogen and oxygen atoms in total. The summed E-state index contributed by atoms with van der Waals surface area (Å²) in [7, 11) is 0. The fourth-order valence-electron chi connectivity index (χ4n) is 3.79. The predicted molar refractivity (Wildman–Crippen MR) is 81.8 cm³/mol. The van der Waals surface area contributed by atoms with Crippen molar-refractivity contribution < 1.29 is 4.79 Å². The van der Waals surface area contributed by atoms with Crippen LogP contribution in [0.3, 0.4) is 0 Å². The minimum Gasteiger partial charge on any atom is -0.336 e. The average Bonchev–Trinajstić information content (AvgIpc) is 3.20. The van der Waals surface area contributed by atoms with E-state index in [2.05, 4.69) is 21.8 Å². The Balaban J connectivity index is 1.65. The van der Waals surface area contributed by atoms with Crippen molar-refractivity contribution in [3.63, 3.8) is 0 Å². The second-order valence-corrected chi connectivity index (χ2v) is 6.25. The van der Waals surface area contributed by atoms with Gasteiger partial charge in [-0.25, -0.2) is 0 Å². The summed E-state index contributed by atoms with van der Waals surface area (Å²) in [5.41, 5.74) is 0. The van der Waals surface area contributed by atoms with Gasteiger partial charge in [0.25, 0.3) is 0 Å². The van der Waals surface area contributed by atoms with Crippen molar-refractivity contribution >= 4 is 5.91 Å². The smallest absolute Gasteiger partial charge is 0.240 e. The van der Waals surface area contributed by atoms with E-state index in [-0.39, 0.29) is 6.04 Å². The quantitative estimate of drug-likeness (QED) is 0.829. The average molecular weight is 290 g/mol. The molecule has 0 aromatic carbocycles. The molecule has 3 rings (SSSR count). The van der Waals surface area contributed by atoms with Gasteiger partial charge in [-0.15, -0.1) is 0 Å². The van der Waals surface area contributed by atoms with Crippen LogP contribution in [-0.2, 0) is 11.3 Å². The molecule has 1 aromatic heterocycles. The van der Waals surface area contributed by atoms with Crippen molar-refractivity contribution in [3.8, 4) is 0 Å². The molecule has 1 amide bonds. The Morgan fingerprint density at radius 3 is 2.90 bits per heavy atom. The van der Waals surface area contributed by atoms with Gasteiger partial charge in [0, 0.05) is 18.9 Å². The molecule has 0 bridgehead atoms. The number of hydrogen-bond acceptors (Lipinski definition) is 3. The van der Waals surface area contributed by atoms with Crippen molar-refractivity contribution in [2.75, 3.05) is 19.6 Å². The minimum atomic E-state index is 0.128. The summed E-state index contributed by atoms with van der Waals surface area (Å²) in [5.74, 6) is 0.357. The largest absolute Gasteiger partial charge is 0.336 e. The van der Waals surface area contributed by atoms with Gasteiger partial charge in [-0.05, 0) is 51.3 Å². The summed E-state index contributed by atoms with van der Waals surface area (Å²) in [4.78, 5) is 17.4. The van der Waals surface area contributed by atoms with Crippen LogP contribution in [-0.4, -0.2) is 57.2 Å². The lowest BCUT2D eigenvalue weighted by Gasteiger charge is -2.31. The Kier molecular flexibility index (Phi) is 4.58. The first-order valence-corrected chi connectivity index (χ1v) is 8.31. The van der Waals surface area contributed by atoms with Gasteiger partial charge in [0.05, 0.1) is 18.6 Å². The van der Waals surface area contributed by atoms with Gasteiger partial charge in [-0.1, -0.05) is 6.92 Å². The zero-order valence-electron chi connectivity index (χ0n) is 12.9. The Morgan fingerprint density at radius 1 is 1.29 bits per heavy atom. The standard InChI is InChI=1S/C16H26N4O/c1-2-9-18-10-4-7-15(18)16(21)20-12-3-6-14(20)13-19-11-5-8-17-19/h5,8,11,14-15H,2-4,6-7,9-10,12-13H2,1H3/t14-,15+/m0/s1. The number of carbonyl (C=O) groups excluding carboxylic acids is 1. The lowest BCUT2D eigenvalue weighted by molar-refractivity contribution is -0.137. The van der Waals surface area contributed by atoms with E-state index in [4.69, 9.17) is 0 Å². The summed E-state index contributed by atoms with van der Waals surface area (Å²) < 4.78 is 1.95. The minimum absolute atomic E-state index is 0.128. The predicted octanol–water partition coefficient (Wildman–Crippen LogP) is 1.75. The fourth-order valence-corrected chi connectivity index (χ4v) is 3.79. The number of aromatic nitrogens is 2. The summed E-state index contributed by atoms with van der Waals surface area (Å²) >= 11 is 0. The number of likely N-dealkylation sites (tertiary alicyclic amines) is 2. The molecular formula is C16H26N4O. The van der Waals surface area contributed by atoms with E-state index in [0.29, 0.717) is 11.9 Å². The molecule has 5 heteroatoms. The molecule has 0 N–H and O–H groups in total. The van der Waals surface area contributed by atoms with Crippen molar-refractivity contribution in [1.82, 2.24) is 19.6 Å². The molecule has 0 saturated carbocycles. The van der Waals surface area contributed by atoms with Crippen LogP contribution in [0.25, 0.3) is 0 Å². The normalized spacial score (nSPS) is 26.6. The topological polar surface area (TPSA) is 41.4 Å². The maximum absolute atomic E-state index is 12.9. The van der Waals surface area contributed by atoms with Crippen LogP contribution in [0.1, 0.15) is 39.0 Å². The highest BCUT2D eigenvalue weighted by Gasteiger charge is 2.37. The highest BCUT2D eigenvalue weighted by atomic mass is 16.2. The third-order valence-electron chi connectivity index (χ3n) is 4.78. The fraction of sp³-hybridized carbons (Fsp3) is 0.750. The molecule has 2 aliphatic heterocycles. The SMILES string of the molecule is CCCN1CCC[C@@H]1C(=O)N1CCC[C@H]1Cn1cccn1. The third kappa shape index (κ3) is 3.12. The van der Waals surface area contributed by atoms with E-state index in [1.54, 1.807) is 6.20 Å². The van der Waals surface area contributed by atoms with E-state index < -0.39 is 0 Å². The first-order chi connectivity index (χ1) is 10.3. The first-order valence-electron chi connectivity index (χ1n) is 8.31. The van der Waals surface area contributed by atoms with E-state index in [0.717, 1.165) is 58.3 Å². The van der Waals surface area contributed by atoms with E-state index in [1.807, 2.05) is 16.9 Å². The third-order valence-corrected chi connectivity index (χ3v) is 4.78. The van der Waals surface area contributed by atoms with E-state index in [9.17, 15) is 4.79 Å². The number of hydrogen-bond donors (Lipinski definition) is 0. The Bertz CT molecular complexity index is 459. The maximum Gasteiger partial charge on any atom is 0.240 e. The van der Waals surface area contributed by atoms with E-state index in [1.165, 1.54) is 0 Å². The Morgan fingerprint density at radius 2 is 2.14 bits per heavy atom.